The lowest BCUT2D eigenvalue weighted by atomic mass is 9.80. The van der Waals surface area contributed by atoms with Crippen molar-refractivity contribution in [2.45, 2.75) is 37.8 Å². The maximum absolute atomic E-state index is 11.4. The Labute approximate surface area is 90.7 Å². The van der Waals surface area contributed by atoms with Gasteiger partial charge in [0.05, 0.1) is 11.6 Å². The standard InChI is InChI=1S/C11H20N2O2/c1-3-7-12-10(14)9(2)13-8-11(15)5-4-6-11/h3,9,13,15H,1,4-8H2,2H3,(H,12,14). The van der Waals surface area contributed by atoms with Gasteiger partial charge in [-0.25, -0.2) is 0 Å². The van der Waals surface area contributed by atoms with Crippen LogP contribution in [0.3, 0.4) is 0 Å². The van der Waals surface area contributed by atoms with E-state index in [2.05, 4.69) is 17.2 Å². The first-order valence-corrected chi connectivity index (χ1v) is 5.42. The van der Waals surface area contributed by atoms with Crippen molar-refractivity contribution in [1.82, 2.24) is 10.6 Å². The van der Waals surface area contributed by atoms with E-state index in [9.17, 15) is 9.90 Å². The lowest BCUT2D eigenvalue weighted by Crippen LogP contribution is -2.51. The summed E-state index contributed by atoms with van der Waals surface area (Å²) in [7, 11) is 0. The molecule has 0 radical (unpaired) electrons. The van der Waals surface area contributed by atoms with Gasteiger partial charge in [0.25, 0.3) is 0 Å². The van der Waals surface area contributed by atoms with Crippen LogP contribution in [0.5, 0.6) is 0 Å². The van der Waals surface area contributed by atoms with Crippen molar-refractivity contribution in [2.24, 2.45) is 0 Å². The van der Waals surface area contributed by atoms with Gasteiger partial charge in [-0.05, 0) is 26.2 Å². The second-order valence-corrected chi connectivity index (χ2v) is 4.21. The molecule has 4 heteroatoms. The van der Waals surface area contributed by atoms with Crippen molar-refractivity contribution < 1.29 is 9.90 Å². The van der Waals surface area contributed by atoms with Crippen molar-refractivity contribution in [3.05, 3.63) is 12.7 Å². The number of nitrogens with one attached hydrogen (secondary N) is 2. The molecule has 1 rings (SSSR count). The number of rotatable bonds is 6. The van der Waals surface area contributed by atoms with Crippen molar-refractivity contribution in [3.63, 3.8) is 0 Å². The van der Waals surface area contributed by atoms with E-state index in [-0.39, 0.29) is 11.9 Å². The quantitative estimate of drug-likeness (QED) is 0.550. The normalized spacial score (nSPS) is 20.1. The van der Waals surface area contributed by atoms with Crippen LogP contribution in [0.2, 0.25) is 0 Å². The molecule has 0 aromatic rings. The molecule has 0 heterocycles. The number of carbonyl (C=O) groups excluding carboxylic acids is 1. The topological polar surface area (TPSA) is 61.4 Å². The second-order valence-electron chi connectivity index (χ2n) is 4.21. The van der Waals surface area contributed by atoms with E-state index in [1.54, 1.807) is 13.0 Å². The largest absolute Gasteiger partial charge is 0.389 e. The van der Waals surface area contributed by atoms with Crippen LogP contribution in [0.4, 0.5) is 0 Å². The Morgan fingerprint density at radius 1 is 1.67 bits per heavy atom. The molecule has 15 heavy (non-hydrogen) atoms. The maximum atomic E-state index is 11.4. The zero-order valence-electron chi connectivity index (χ0n) is 9.25. The Bertz CT molecular complexity index is 237. The van der Waals surface area contributed by atoms with E-state index in [4.69, 9.17) is 0 Å². The Morgan fingerprint density at radius 3 is 2.80 bits per heavy atom. The molecule has 1 aliphatic rings. The lowest BCUT2D eigenvalue weighted by Gasteiger charge is -2.37. The fourth-order valence-electron chi connectivity index (χ4n) is 1.52. The van der Waals surface area contributed by atoms with Crippen LogP contribution >= 0.6 is 0 Å². The van der Waals surface area contributed by atoms with E-state index in [1.807, 2.05) is 0 Å². The minimum Gasteiger partial charge on any atom is -0.389 e. The molecule has 1 atom stereocenters. The van der Waals surface area contributed by atoms with Crippen molar-refractivity contribution in [2.75, 3.05) is 13.1 Å². The van der Waals surface area contributed by atoms with Crippen LogP contribution < -0.4 is 10.6 Å². The van der Waals surface area contributed by atoms with Gasteiger partial charge < -0.3 is 15.7 Å². The third-order valence-electron chi connectivity index (χ3n) is 2.84. The SMILES string of the molecule is C=CCNC(=O)C(C)NCC1(O)CCC1. The van der Waals surface area contributed by atoms with Crippen molar-refractivity contribution in [3.8, 4) is 0 Å². The molecule has 1 aliphatic carbocycles. The fraction of sp³-hybridized carbons (Fsp3) is 0.727. The molecule has 0 bridgehead atoms. The molecule has 4 nitrogen and oxygen atoms in total. The second kappa shape index (κ2) is 5.28. The molecule has 0 aromatic heterocycles. The van der Waals surface area contributed by atoms with Gasteiger partial charge in [-0.15, -0.1) is 6.58 Å². The van der Waals surface area contributed by atoms with Gasteiger partial charge in [0, 0.05) is 13.1 Å². The average Bonchev–Trinajstić information content (AvgIpc) is 2.19. The highest BCUT2D eigenvalue weighted by atomic mass is 16.3. The van der Waals surface area contributed by atoms with E-state index in [0.29, 0.717) is 13.1 Å². The smallest absolute Gasteiger partial charge is 0.237 e. The van der Waals surface area contributed by atoms with Crippen LogP contribution in [0, 0.1) is 0 Å². The Balaban J connectivity index is 2.19. The monoisotopic (exact) mass is 212 g/mol. The zero-order valence-corrected chi connectivity index (χ0v) is 9.25. The third-order valence-corrected chi connectivity index (χ3v) is 2.84. The molecular formula is C11H20N2O2. The number of hydrogen-bond acceptors (Lipinski definition) is 3. The molecular weight excluding hydrogens is 192 g/mol. The number of aliphatic hydroxyl groups is 1. The summed E-state index contributed by atoms with van der Waals surface area (Å²) in [6.07, 6.45) is 4.39. The molecule has 0 spiro atoms. The summed E-state index contributed by atoms with van der Waals surface area (Å²) in [5, 5.41) is 15.5. The van der Waals surface area contributed by atoms with E-state index < -0.39 is 5.60 Å². The molecule has 3 N–H and O–H groups in total. The first-order chi connectivity index (χ1) is 7.07. The highest BCUT2D eigenvalue weighted by molar-refractivity contribution is 5.81. The molecule has 1 saturated carbocycles. The van der Waals surface area contributed by atoms with E-state index in [0.717, 1.165) is 19.3 Å². The summed E-state index contributed by atoms with van der Waals surface area (Å²) in [5.74, 6) is -0.0576. The number of amides is 1. The molecule has 86 valence electrons. The van der Waals surface area contributed by atoms with Gasteiger partial charge in [-0.3, -0.25) is 4.79 Å². The minimum absolute atomic E-state index is 0.0576. The average molecular weight is 212 g/mol. The predicted octanol–water partition coefficient (Wildman–Crippen LogP) is 0.182. The Morgan fingerprint density at radius 2 is 2.33 bits per heavy atom. The van der Waals surface area contributed by atoms with Crippen molar-refractivity contribution in [1.29, 1.82) is 0 Å². The van der Waals surface area contributed by atoms with Gasteiger partial charge in [-0.2, -0.15) is 0 Å². The highest BCUT2D eigenvalue weighted by Gasteiger charge is 2.34. The van der Waals surface area contributed by atoms with E-state index in [1.165, 1.54) is 0 Å². The summed E-state index contributed by atoms with van der Waals surface area (Å²) in [6, 6.07) is -0.269. The number of hydrogen-bond donors (Lipinski definition) is 3. The molecule has 0 aliphatic heterocycles. The molecule has 1 unspecified atom stereocenters. The third kappa shape index (κ3) is 3.64. The van der Waals surface area contributed by atoms with Gasteiger partial charge in [0.1, 0.15) is 0 Å². The Hall–Kier alpha value is -0.870. The molecule has 0 aromatic carbocycles. The maximum Gasteiger partial charge on any atom is 0.237 e. The van der Waals surface area contributed by atoms with Crippen LogP contribution in [0.1, 0.15) is 26.2 Å². The molecule has 1 fully saturated rings. The van der Waals surface area contributed by atoms with Gasteiger partial charge in [0.15, 0.2) is 0 Å². The fourth-order valence-corrected chi connectivity index (χ4v) is 1.52. The summed E-state index contributed by atoms with van der Waals surface area (Å²) < 4.78 is 0. The zero-order chi connectivity index (χ0) is 11.3. The lowest BCUT2D eigenvalue weighted by molar-refractivity contribution is -0.123. The summed E-state index contributed by atoms with van der Waals surface area (Å²) >= 11 is 0. The summed E-state index contributed by atoms with van der Waals surface area (Å²) in [6.45, 7) is 6.29. The van der Waals surface area contributed by atoms with Crippen LogP contribution in [-0.4, -0.2) is 35.7 Å². The number of carbonyl (C=O) groups is 1. The van der Waals surface area contributed by atoms with Crippen LogP contribution in [-0.2, 0) is 4.79 Å². The van der Waals surface area contributed by atoms with Gasteiger partial charge in [0.2, 0.25) is 5.91 Å². The first-order valence-electron chi connectivity index (χ1n) is 5.42. The van der Waals surface area contributed by atoms with Gasteiger partial charge in [-0.1, -0.05) is 6.08 Å². The minimum atomic E-state index is -0.576. The Kier molecular flexibility index (Phi) is 4.29. The summed E-state index contributed by atoms with van der Waals surface area (Å²) in [4.78, 5) is 11.4. The van der Waals surface area contributed by atoms with E-state index >= 15 is 0 Å². The van der Waals surface area contributed by atoms with Crippen LogP contribution in [0.25, 0.3) is 0 Å². The molecule has 0 saturated heterocycles. The summed E-state index contributed by atoms with van der Waals surface area (Å²) in [5.41, 5.74) is -0.576. The van der Waals surface area contributed by atoms with Gasteiger partial charge >= 0.3 is 0 Å². The first kappa shape index (κ1) is 12.2. The van der Waals surface area contributed by atoms with Crippen molar-refractivity contribution >= 4 is 5.91 Å². The highest BCUT2D eigenvalue weighted by Crippen LogP contribution is 2.30. The predicted molar refractivity (Wildman–Crippen MR) is 59.5 cm³/mol. The van der Waals surface area contributed by atoms with Crippen LogP contribution in [0.15, 0.2) is 12.7 Å². The molecule has 1 amide bonds.